The van der Waals surface area contributed by atoms with Crippen LogP contribution in [0.4, 0.5) is 11.7 Å². The number of anilines is 2. The van der Waals surface area contributed by atoms with E-state index in [0.717, 1.165) is 0 Å². The lowest BCUT2D eigenvalue weighted by Crippen LogP contribution is -2.45. The highest BCUT2D eigenvalue weighted by molar-refractivity contribution is 5.78. The van der Waals surface area contributed by atoms with Crippen molar-refractivity contribution in [3.05, 3.63) is 18.2 Å². The number of aliphatic hydroxyl groups is 2. The Balaban J connectivity index is 2.31. The summed E-state index contributed by atoms with van der Waals surface area (Å²) in [6.07, 6.45) is 0.543. The number of hydrogen-bond acceptors (Lipinski definition) is 6. The number of hydrogen-bond donors (Lipinski definition) is 4. The van der Waals surface area contributed by atoms with Gasteiger partial charge in [-0.1, -0.05) is 6.92 Å². The fourth-order valence-corrected chi connectivity index (χ4v) is 1.67. The summed E-state index contributed by atoms with van der Waals surface area (Å²) in [5, 5.41) is 21.6. The largest absolute Gasteiger partial charge is 0.424 e. The number of fused-ring (bicyclic) bond motifs is 1. The minimum Gasteiger partial charge on any atom is -0.424 e. The first-order valence-electron chi connectivity index (χ1n) is 5.78. The van der Waals surface area contributed by atoms with Crippen LogP contribution >= 0.6 is 0 Å². The standard InChI is InChI=1S/C12H17N3O3/c1-2-12(6-16,7-17)15-11-14-9-5-8(13)3-4-10(9)18-11/h3-5,16-17H,2,6-7,13H2,1H3,(H,14,15). The average molecular weight is 251 g/mol. The molecule has 6 nitrogen and oxygen atoms in total. The van der Waals surface area contributed by atoms with Crippen molar-refractivity contribution < 1.29 is 14.6 Å². The Morgan fingerprint density at radius 1 is 1.39 bits per heavy atom. The van der Waals surface area contributed by atoms with E-state index in [2.05, 4.69) is 10.3 Å². The zero-order valence-electron chi connectivity index (χ0n) is 10.2. The van der Waals surface area contributed by atoms with Crippen LogP contribution in [-0.4, -0.2) is 33.9 Å². The van der Waals surface area contributed by atoms with Gasteiger partial charge in [-0.3, -0.25) is 0 Å². The molecule has 0 spiro atoms. The maximum absolute atomic E-state index is 9.34. The summed E-state index contributed by atoms with van der Waals surface area (Å²) in [5.41, 5.74) is 6.68. The SMILES string of the molecule is CCC(CO)(CO)Nc1nc2cc(N)ccc2o1. The van der Waals surface area contributed by atoms with Gasteiger partial charge in [0.15, 0.2) is 5.58 Å². The van der Waals surface area contributed by atoms with E-state index in [9.17, 15) is 10.2 Å². The van der Waals surface area contributed by atoms with Crippen LogP contribution in [0.3, 0.4) is 0 Å². The van der Waals surface area contributed by atoms with Crippen molar-refractivity contribution in [3.63, 3.8) is 0 Å². The van der Waals surface area contributed by atoms with Crippen molar-refractivity contribution in [1.82, 2.24) is 4.98 Å². The van der Waals surface area contributed by atoms with E-state index in [-0.39, 0.29) is 19.2 Å². The number of rotatable bonds is 5. The zero-order chi connectivity index (χ0) is 13.2. The molecule has 5 N–H and O–H groups in total. The monoisotopic (exact) mass is 251 g/mol. The number of benzene rings is 1. The van der Waals surface area contributed by atoms with Gasteiger partial charge in [-0.25, -0.2) is 0 Å². The lowest BCUT2D eigenvalue weighted by molar-refractivity contribution is 0.130. The van der Waals surface area contributed by atoms with E-state index in [4.69, 9.17) is 10.2 Å². The molecule has 1 heterocycles. The molecule has 98 valence electrons. The van der Waals surface area contributed by atoms with Crippen molar-refractivity contribution in [1.29, 1.82) is 0 Å². The summed E-state index contributed by atoms with van der Waals surface area (Å²) in [7, 11) is 0. The second-order valence-electron chi connectivity index (χ2n) is 4.32. The highest BCUT2D eigenvalue weighted by atomic mass is 16.4. The molecule has 2 rings (SSSR count). The van der Waals surface area contributed by atoms with E-state index in [1.54, 1.807) is 18.2 Å². The normalized spacial score (nSPS) is 11.9. The zero-order valence-corrected chi connectivity index (χ0v) is 10.2. The first-order valence-corrected chi connectivity index (χ1v) is 5.78. The number of nitrogen functional groups attached to an aromatic ring is 1. The lowest BCUT2D eigenvalue weighted by Gasteiger charge is -2.28. The first kappa shape index (κ1) is 12.7. The van der Waals surface area contributed by atoms with E-state index in [1.165, 1.54) is 0 Å². The molecule has 0 aliphatic rings. The number of aliphatic hydroxyl groups excluding tert-OH is 2. The molecule has 1 aromatic carbocycles. The van der Waals surface area contributed by atoms with Crippen LogP contribution in [0, 0.1) is 0 Å². The summed E-state index contributed by atoms with van der Waals surface area (Å²) in [4.78, 5) is 4.22. The lowest BCUT2D eigenvalue weighted by atomic mass is 9.99. The highest BCUT2D eigenvalue weighted by Crippen LogP contribution is 2.24. The third kappa shape index (κ3) is 2.25. The number of nitrogens with one attached hydrogen (secondary N) is 1. The molecule has 0 aliphatic carbocycles. The Labute approximate surface area is 104 Å². The van der Waals surface area contributed by atoms with Crippen molar-refractivity contribution in [2.75, 3.05) is 24.3 Å². The van der Waals surface area contributed by atoms with Gasteiger partial charge in [0.25, 0.3) is 6.01 Å². The molecule has 0 amide bonds. The van der Waals surface area contributed by atoms with Crippen molar-refractivity contribution in [2.45, 2.75) is 18.9 Å². The molecule has 0 aliphatic heterocycles. The molecule has 0 saturated carbocycles. The van der Waals surface area contributed by atoms with Gasteiger partial charge in [-0.15, -0.1) is 0 Å². The Morgan fingerprint density at radius 3 is 2.72 bits per heavy atom. The van der Waals surface area contributed by atoms with E-state index >= 15 is 0 Å². The molecule has 0 radical (unpaired) electrons. The smallest absolute Gasteiger partial charge is 0.296 e. The second-order valence-corrected chi connectivity index (χ2v) is 4.32. The minimum absolute atomic E-state index is 0.207. The summed E-state index contributed by atoms with van der Waals surface area (Å²) < 4.78 is 5.48. The number of oxazole rings is 1. The Hall–Kier alpha value is -1.79. The van der Waals surface area contributed by atoms with Crippen LogP contribution in [0.2, 0.25) is 0 Å². The van der Waals surface area contributed by atoms with Crippen molar-refractivity contribution in [2.24, 2.45) is 0 Å². The Morgan fingerprint density at radius 2 is 2.11 bits per heavy atom. The predicted octanol–water partition coefficient (Wildman–Crippen LogP) is 0.955. The molecule has 18 heavy (non-hydrogen) atoms. The van der Waals surface area contributed by atoms with Crippen molar-refractivity contribution >= 4 is 22.8 Å². The van der Waals surface area contributed by atoms with Gasteiger partial charge in [0.1, 0.15) is 5.52 Å². The van der Waals surface area contributed by atoms with Crippen LogP contribution in [-0.2, 0) is 0 Å². The fourth-order valence-electron chi connectivity index (χ4n) is 1.67. The molecular weight excluding hydrogens is 234 g/mol. The number of aromatic nitrogens is 1. The van der Waals surface area contributed by atoms with E-state index in [0.29, 0.717) is 23.2 Å². The van der Waals surface area contributed by atoms with Gasteiger partial charge < -0.3 is 25.7 Å². The third-order valence-corrected chi connectivity index (χ3v) is 3.07. The summed E-state index contributed by atoms with van der Waals surface area (Å²) in [6, 6.07) is 5.42. The second kappa shape index (κ2) is 4.83. The molecule has 0 fully saturated rings. The molecule has 2 aromatic rings. The molecule has 6 heteroatoms. The summed E-state index contributed by atoms with van der Waals surface area (Å²) in [5.74, 6) is 0. The molecule has 0 atom stereocenters. The highest BCUT2D eigenvalue weighted by Gasteiger charge is 2.28. The Kier molecular flexibility index (Phi) is 3.40. The van der Waals surface area contributed by atoms with Gasteiger partial charge in [-0.2, -0.15) is 4.98 Å². The maximum atomic E-state index is 9.34. The number of nitrogens with two attached hydrogens (primary N) is 1. The van der Waals surface area contributed by atoms with Crippen LogP contribution in [0.25, 0.3) is 11.1 Å². The molecule has 0 bridgehead atoms. The summed E-state index contributed by atoms with van der Waals surface area (Å²) >= 11 is 0. The van der Waals surface area contributed by atoms with Gasteiger partial charge in [0.2, 0.25) is 0 Å². The fraction of sp³-hybridized carbons (Fsp3) is 0.417. The first-order chi connectivity index (χ1) is 8.62. The minimum atomic E-state index is -0.827. The quantitative estimate of drug-likeness (QED) is 0.590. The molecule has 0 saturated heterocycles. The summed E-state index contributed by atoms with van der Waals surface area (Å²) in [6.45, 7) is 1.45. The van der Waals surface area contributed by atoms with Crippen LogP contribution in [0.1, 0.15) is 13.3 Å². The van der Waals surface area contributed by atoms with Crippen LogP contribution in [0.5, 0.6) is 0 Å². The molecule has 0 unspecified atom stereocenters. The van der Waals surface area contributed by atoms with Gasteiger partial charge in [0, 0.05) is 5.69 Å². The topological polar surface area (TPSA) is 105 Å². The Bertz CT molecular complexity index is 526. The predicted molar refractivity (Wildman–Crippen MR) is 69.2 cm³/mol. The van der Waals surface area contributed by atoms with Gasteiger partial charge >= 0.3 is 0 Å². The van der Waals surface area contributed by atoms with Crippen LogP contribution in [0.15, 0.2) is 22.6 Å². The van der Waals surface area contributed by atoms with Crippen LogP contribution < -0.4 is 11.1 Å². The molecule has 1 aromatic heterocycles. The van der Waals surface area contributed by atoms with Crippen molar-refractivity contribution in [3.8, 4) is 0 Å². The maximum Gasteiger partial charge on any atom is 0.296 e. The van der Waals surface area contributed by atoms with E-state index < -0.39 is 5.54 Å². The average Bonchev–Trinajstić information content (AvgIpc) is 2.77. The molecular formula is C12H17N3O3. The van der Waals surface area contributed by atoms with E-state index in [1.807, 2.05) is 6.92 Å². The number of nitrogens with zero attached hydrogens (tertiary/aromatic N) is 1. The van der Waals surface area contributed by atoms with Gasteiger partial charge in [-0.05, 0) is 24.6 Å². The third-order valence-electron chi connectivity index (χ3n) is 3.07. The van der Waals surface area contributed by atoms with Gasteiger partial charge in [0.05, 0.1) is 18.8 Å².